The Morgan fingerprint density at radius 1 is 1.29 bits per heavy atom. The molecule has 1 aliphatic carbocycles. The van der Waals surface area contributed by atoms with Gasteiger partial charge in [-0.1, -0.05) is 27.2 Å². The highest BCUT2D eigenvalue weighted by molar-refractivity contribution is 5.54. The number of nitrogens with one attached hydrogen (secondary N) is 1. The minimum absolute atomic E-state index is 0.602. The van der Waals surface area contributed by atoms with E-state index in [2.05, 4.69) is 51.2 Å². The molecule has 2 heteroatoms. The van der Waals surface area contributed by atoms with E-state index < -0.39 is 0 Å². The molecule has 1 aromatic rings. The first-order valence-electron chi connectivity index (χ1n) is 8.51. The molecule has 0 spiro atoms. The number of rotatable bonds is 5. The van der Waals surface area contributed by atoms with E-state index in [0.717, 1.165) is 30.1 Å². The van der Waals surface area contributed by atoms with Crippen LogP contribution >= 0.6 is 0 Å². The summed E-state index contributed by atoms with van der Waals surface area (Å²) in [6.45, 7) is 12.0. The van der Waals surface area contributed by atoms with Gasteiger partial charge in [-0.2, -0.15) is 0 Å². The number of aryl methyl sites for hydroxylation is 1. The lowest BCUT2D eigenvalue weighted by Gasteiger charge is -2.38. The second-order valence-electron chi connectivity index (χ2n) is 6.99. The third-order valence-corrected chi connectivity index (χ3v) is 4.87. The van der Waals surface area contributed by atoms with E-state index >= 15 is 0 Å². The summed E-state index contributed by atoms with van der Waals surface area (Å²) in [4.78, 5) is 0. The summed E-state index contributed by atoms with van der Waals surface area (Å²) in [6, 6.07) is 7.00. The molecule has 2 nitrogen and oxygen atoms in total. The van der Waals surface area contributed by atoms with Crippen LogP contribution in [0.2, 0.25) is 0 Å². The van der Waals surface area contributed by atoms with Gasteiger partial charge < -0.3 is 10.1 Å². The molecule has 2 rings (SSSR count). The SMILES string of the molecule is CCOc1ccc(NC2CC(C)CCC2C(C)C)c(C)c1. The summed E-state index contributed by atoms with van der Waals surface area (Å²) in [5.41, 5.74) is 2.55. The van der Waals surface area contributed by atoms with Gasteiger partial charge in [-0.05, 0) is 68.2 Å². The van der Waals surface area contributed by atoms with Crippen molar-refractivity contribution in [3.63, 3.8) is 0 Å². The van der Waals surface area contributed by atoms with Crippen molar-refractivity contribution in [1.82, 2.24) is 0 Å². The van der Waals surface area contributed by atoms with E-state index in [4.69, 9.17) is 4.74 Å². The van der Waals surface area contributed by atoms with E-state index in [1.165, 1.54) is 30.5 Å². The van der Waals surface area contributed by atoms with Crippen LogP contribution in [-0.2, 0) is 0 Å². The molecule has 0 aliphatic heterocycles. The normalized spacial score (nSPS) is 25.9. The summed E-state index contributed by atoms with van der Waals surface area (Å²) in [6.07, 6.45) is 4.02. The monoisotopic (exact) mass is 289 g/mol. The van der Waals surface area contributed by atoms with Crippen molar-refractivity contribution in [2.75, 3.05) is 11.9 Å². The van der Waals surface area contributed by atoms with Gasteiger partial charge in [0, 0.05) is 11.7 Å². The second kappa shape index (κ2) is 7.20. The highest BCUT2D eigenvalue weighted by Gasteiger charge is 2.30. The number of benzene rings is 1. The Bertz CT molecular complexity index is 455. The van der Waals surface area contributed by atoms with Gasteiger partial charge in [0.05, 0.1) is 6.61 Å². The average molecular weight is 289 g/mol. The van der Waals surface area contributed by atoms with Crippen LogP contribution in [-0.4, -0.2) is 12.6 Å². The Balaban J connectivity index is 2.11. The second-order valence-corrected chi connectivity index (χ2v) is 6.99. The highest BCUT2D eigenvalue weighted by atomic mass is 16.5. The van der Waals surface area contributed by atoms with Crippen LogP contribution in [0.5, 0.6) is 5.75 Å². The van der Waals surface area contributed by atoms with Gasteiger partial charge in [-0.25, -0.2) is 0 Å². The van der Waals surface area contributed by atoms with Crippen LogP contribution in [0.15, 0.2) is 18.2 Å². The van der Waals surface area contributed by atoms with Gasteiger partial charge in [-0.3, -0.25) is 0 Å². The van der Waals surface area contributed by atoms with E-state index in [9.17, 15) is 0 Å². The maximum Gasteiger partial charge on any atom is 0.119 e. The van der Waals surface area contributed by atoms with Crippen LogP contribution < -0.4 is 10.1 Å². The molecular weight excluding hydrogens is 258 g/mol. The van der Waals surface area contributed by atoms with Crippen molar-refractivity contribution < 1.29 is 4.74 Å². The van der Waals surface area contributed by atoms with E-state index in [-0.39, 0.29) is 0 Å². The molecule has 3 unspecified atom stereocenters. The summed E-state index contributed by atoms with van der Waals surface area (Å²) in [5.74, 6) is 3.34. The average Bonchev–Trinajstić information content (AvgIpc) is 2.42. The molecule has 0 saturated heterocycles. The standard InChI is InChI=1S/C19H31NO/c1-6-21-16-8-10-18(15(5)12-16)20-19-11-14(4)7-9-17(19)13(2)3/h8,10,12-14,17,19-20H,6-7,9,11H2,1-5H3. The number of hydrogen-bond donors (Lipinski definition) is 1. The first kappa shape index (κ1) is 16.2. The van der Waals surface area contributed by atoms with Gasteiger partial charge in [0.1, 0.15) is 5.75 Å². The molecule has 21 heavy (non-hydrogen) atoms. The third-order valence-electron chi connectivity index (χ3n) is 4.87. The lowest BCUT2D eigenvalue weighted by molar-refractivity contribution is 0.212. The predicted molar refractivity (Wildman–Crippen MR) is 91.1 cm³/mol. The van der Waals surface area contributed by atoms with Gasteiger partial charge in [0.25, 0.3) is 0 Å². The molecule has 1 N–H and O–H groups in total. The topological polar surface area (TPSA) is 21.3 Å². The van der Waals surface area contributed by atoms with Crippen molar-refractivity contribution in [2.45, 2.75) is 59.9 Å². The van der Waals surface area contributed by atoms with Crippen molar-refractivity contribution in [3.05, 3.63) is 23.8 Å². The van der Waals surface area contributed by atoms with Crippen molar-refractivity contribution in [3.8, 4) is 5.75 Å². The Labute approximate surface area is 130 Å². The van der Waals surface area contributed by atoms with Gasteiger partial charge in [-0.15, -0.1) is 0 Å². The molecule has 0 aromatic heterocycles. The van der Waals surface area contributed by atoms with Crippen LogP contribution in [0.1, 0.15) is 52.5 Å². The Morgan fingerprint density at radius 2 is 2.05 bits per heavy atom. The molecule has 0 radical (unpaired) electrons. The fraction of sp³-hybridized carbons (Fsp3) is 0.684. The maximum absolute atomic E-state index is 5.58. The Kier molecular flexibility index (Phi) is 5.55. The van der Waals surface area contributed by atoms with Crippen molar-refractivity contribution >= 4 is 5.69 Å². The van der Waals surface area contributed by atoms with Gasteiger partial charge >= 0.3 is 0 Å². The molecule has 0 amide bonds. The molecule has 0 bridgehead atoms. The van der Waals surface area contributed by atoms with Crippen LogP contribution in [0, 0.1) is 24.7 Å². The first-order chi connectivity index (χ1) is 10.0. The number of hydrogen-bond acceptors (Lipinski definition) is 2. The quantitative estimate of drug-likeness (QED) is 0.797. The molecule has 1 aromatic carbocycles. The molecule has 1 aliphatic rings. The van der Waals surface area contributed by atoms with E-state index in [0.29, 0.717) is 6.04 Å². The predicted octanol–water partition coefficient (Wildman–Crippen LogP) is 5.27. The van der Waals surface area contributed by atoms with Crippen molar-refractivity contribution in [2.24, 2.45) is 17.8 Å². The lowest BCUT2D eigenvalue weighted by Crippen LogP contribution is -2.38. The minimum Gasteiger partial charge on any atom is -0.494 e. The molecule has 1 saturated carbocycles. The summed E-state index contributed by atoms with van der Waals surface area (Å²) in [7, 11) is 0. The zero-order chi connectivity index (χ0) is 15.4. The third kappa shape index (κ3) is 4.15. The maximum atomic E-state index is 5.58. The molecule has 1 fully saturated rings. The smallest absolute Gasteiger partial charge is 0.119 e. The van der Waals surface area contributed by atoms with Crippen LogP contribution in [0.4, 0.5) is 5.69 Å². The largest absolute Gasteiger partial charge is 0.494 e. The van der Waals surface area contributed by atoms with Gasteiger partial charge in [0.2, 0.25) is 0 Å². The number of ether oxygens (including phenoxy) is 1. The molecule has 3 atom stereocenters. The Morgan fingerprint density at radius 3 is 2.67 bits per heavy atom. The van der Waals surface area contributed by atoms with Gasteiger partial charge in [0.15, 0.2) is 0 Å². The van der Waals surface area contributed by atoms with E-state index in [1.807, 2.05) is 6.92 Å². The fourth-order valence-corrected chi connectivity index (χ4v) is 3.62. The minimum atomic E-state index is 0.602. The summed E-state index contributed by atoms with van der Waals surface area (Å²) in [5, 5.41) is 3.82. The molecule has 118 valence electrons. The van der Waals surface area contributed by atoms with Crippen molar-refractivity contribution in [1.29, 1.82) is 0 Å². The zero-order valence-corrected chi connectivity index (χ0v) is 14.3. The lowest BCUT2D eigenvalue weighted by atomic mass is 9.74. The van der Waals surface area contributed by atoms with E-state index in [1.54, 1.807) is 0 Å². The fourth-order valence-electron chi connectivity index (χ4n) is 3.62. The first-order valence-corrected chi connectivity index (χ1v) is 8.51. The zero-order valence-electron chi connectivity index (χ0n) is 14.3. The van der Waals surface area contributed by atoms with Crippen LogP contribution in [0.25, 0.3) is 0 Å². The van der Waals surface area contributed by atoms with Crippen LogP contribution in [0.3, 0.4) is 0 Å². The summed E-state index contributed by atoms with van der Waals surface area (Å²) < 4.78 is 5.58. The highest BCUT2D eigenvalue weighted by Crippen LogP contribution is 2.36. The number of anilines is 1. The summed E-state index contributed by atoms with van der Waals surface area (Å²) >= 11 is 0. The molecule has 0 heterocycles. The Hall–Kier alpha value is -1.18. The molecular formula is C19H31NO.